The Morgan fingerprint density at radius 1 is 1.57 bits per heavy atom. The van der Waals surface area contributed by atoms with E-state index in [0.717, 1.165) is 0 Å². The average Bonchev–Trinajstić information content (AvgIpc) is 2.14. The van der Waals surface area contributed by atoms with Crippen LogP contribution in [0.4, 0.5) is 0 Å². The van der Waals surface area contributed by atoms with Gasteiger partial charge in [-0.25, -0.2) is 0 Å². The lowest BCUT2D eigenvalue weighted by atomic mass is 10.1. The van der Waals surface area contributed by atoms with E-state index in [0.29, 0.717) is 0 Å². The zero-order valence-corrected chi connectivity index (χ0v) is 8.02. The Bertz CT molecular complexity index is 244. The second-order valence-corrected chi connectivity index (χ2v) is 2.91. The first-order valence-corrected chi connectivity index (χ1v) is 4.33. The van der Waals surface area contributed by atoms with Crippen LogP contribution in [0, 0.1) is 17.2 Å². The largest absolute Gasteiger partial charge is 0.481 e. The topological polar surface area (TPSA) is 87.4 Å². The summed E-state index contributed by atoms with van der Waals surface area (Å²) in [5.41, 5.74) is 0. The molecule has 0 aliphatic rings. The third-order valence-electron chi connectivity index (χ3n) is 1.68. The fraction of sp³-hybridized carbons (Fsp3) is 0.667. The van der Waals surface area contributed by atoms with E-state index in [-0.39, 0.29) is 25.9 Å². The van der Waals surface area contributed by atoms with E-state index in [1.165, 1.54) is 6.92 Å². The molecule has 0 saturated heterocycles. The first-order chi connectivity index (χ1) is 6.57. The zero-order valence-electron chi connectivity index (χ0n) is 8.02. The Balaban J connectivity index is 3.54. The van der Waals surface area contributed by atoms with Crippen LogP contribution in [0.2, 0.25) is 0 Å². The molecule has 5 nitrogen and oxygen atoms in total. The molecule has 0 heterocycles. The van der Waals surface area contributed by atoms with Gasteiger partial charge in [0.05, 0.1) is 18.4 Å². The molecule has 0 bridgehead atoms. The van der Waals surface area contributed by atoms with Crippen LogP contribution in [0.25, 0.3) is 0 Å². The van der Waals surface area contributed by atoms with Crippen molar-refractivity contribution in [3.8, 4) is 6.07 Å². The number of hydrogen-bond donors (Lipinski definition) is 1. The summed E-state index contributed by atoms with van der Waals surface area (Å²) in [5, 5.41) is 16.7. The maximum absolute atomic E-state index is 10.9. The third kappa shape index (κ3) is 6.00. The summed E-state index contributed by atoms with van der Waals surface area (Å²) < 4.78 is 4.66. The molecule has 5 heteroatoms. The number of hydrogen-bond acceptors (Lipinski definition) is 4. The molecular weight excluding hydrogens is 186 g/mol. The van der Waals surface area contributed by atoms with E-state index in [9.17, 15) is 9.59 Å². The first kappa shape index (κ1) is 12.4. The van der Waals surface area contributed by atoms with E-state index < -0.39 is 17.9 Å². The highest BCUT2D eigenvalue weighted by atomic mass is 16.5. The minimum absolute atomic E-state index is 0.0801. The molecule has 0 aliphatic carbocycles. The number of esters is 1. The van der Waals surface area contributed by atoms with Crippen LogP contribution >= 0.6 is 0 Å². The van der Waals surface area contributed by atoms with Gasteiger partial charge >= 0.3 is 11.9 Å². The van der Waals surface area contributed by atoms with Crippen LogP contribution in [-0.4, -0.2) is 23.7 Å². The predicted octanol–water partition coefficient (Wildman–Crippen LogP) is 0.944. The minimum Gasteiger partial charge on any atom is -0.481 e. The molecule has 0 fully saturated rings. The quantitative estimate of drug-likeness (QED) is 0.508. The molecule has 0 radical (unpaired) electrons. The summed E-state index contributed by atoms with van der Waals surface area (Å²) in [6.07, 6.45) is 0.514. The summed E-state index contributed by atoms with van der Waals surface area (Å²) >= 11 is 0. The van der Waals surface area contributed by atoms with E-state index in [1.54, 1.807) is 0 Å². The lowest BCUT2D eigenvalue weighted by Crippen LogP contribution is -2.13. The molecule has 1 unspecified atom stereocenters. The highest BCUT2D eigenvalue weighted by Crippen LogP contribution is 2.06. The molecule has 1 atom stereocenters. The van der Waals surface area contributed by atoms with Crippen LogP contribution in [0.15, 0.2) is 0 Å². The van der Waals surface area contributed by atoms with Crippen LogP contribution in [-0.2, 0) is 14.3 Å². The number of carbonyl (C=O) groups is 2. The van der Waals surface area contributed by atoms with Crippen LogP contribution < -0.4 is 0 Å². The molecule has 1 N–H and O–H groups in total. The smallest absolute Gasteiger partial charge is 0.306 e. The Hall–Kier alpha value is -1.57. The van der Waals surface area contributed by atoms with Gasteiger partial charge in [0.1, 0.15) is 6.61 Å². The number of rotatable bonds is 6. The second-order valence-electron chi connectivity index (χ2n) is 2.91. The fourth-order valence-corrected chi connectivity index (χ4v) is 0.741. The van der Waals surface area contributed by atoms with Gasteiger partial charge in [0.15, 0.2) is 0 Å². The highest BCUT2D eigenvalue weighted by molar-refractivity contribution is 5.72. The lowest BCUT2D eigenvalue weighted by Gasteiger charge is -2.05. The zero-order chi connectivity index (χ0) is 11.0. The molecule has 0 aromatic carbocycles. The lowest BCUT2D eigenvalue weighted by molar-refractivity contribution is -0.145. The summed E-state index contributed by atoms with van der Waals surface area (Å²) in [6.45, 7) is 1.61. The van der Waals surface area contributed by atoms with E-state index in [2.05, 4.69) is 4.74 Å². The van der Waals surface area contributed by atoms with Gasteiger partial charge < -0.3 is 9.84 Å². The van der Waals surface area contributed by atoms with Gasteiger partial charge in [-0.15, -0.1) is 0 Å². The Labute approximate surface area is 82.3 Å². The van der Waals surface area contributed by atoms with Crippen molar-refractivity contribution in [2.75, 3.05) is 6.61 Å². The molecular formula is C9H13NO4. The molecule has 0 spiro atoms. The predicted molar refractivity (Wildman–Crippen MR) is 47.2 cm³/mol. The maximum Gasteiger partial charge on any atom is 0.306 e. The normalized spacial score (nSPS) is 11.4. The SMILES string of the molecule is CC(CCC(=O)OCCC#N)C(=O)O. The van der Waals surface area contributed by atoms with Crippen LogP contribution in [0.5, 0.6) is 0 Å². The van der Waals surface area contributed by atoms with Gasteiger partial charge in [0, 0.05) is 6.42 Å². The highest BCUT2D eigenvalue weighted by Gasteiger charge is 2.13. The van der Waals surface area contributed by atoms with E-state index in [4.69, 9.17) is 10.4 Å². The van der Waals surface area contributed by atoms with Crippen molar-refractivity contribution in [3.63, 3.8) is 0 Å². The Morgan fingerprint density at radius 3 is 2.71 bits per heavy atom. The van der Waals surface area contributed by atoms with Gasteiger partial charge in [0.25, 0.3) is 0 Å². The Kier molecular flexibility index (Phi) is 6.12. The van der Waals surface area contributed by atoms with Crippen molar-refractivity contribution in [2.45, 2.75) is 26.2 Å². The fourth-order valence-electron chi connectivity index (χ4n) is 0.741. The molecule has 0 aliphatic heterocycles. The van der Waals surface area contributed by atoms with E-state index in [1.807, 2.05) is 6.07 Å². The molecule has 0 aromatic rings. The number of ether oxygens (including phenoxy) is 1. The van der Waals surface area contributed by atoms with E-state index >= 15 is 0 Å². The molecule has 0 saturated carbocycles. The first-order valence-electron chi connectivity index (χ1n) is 4.33. The van der Waals surface area contributed by atoms with Crippen molar-refractivity contribution in [3.05, 3.63) is 0 Å². The number of carbonyl (C=O) groups excluding carboxylic acids is 1. The van der Waals surface area contributed by atoms with Gasteiger partial charge in [-0.1, -0.05) is 6.92 Å². The van der Waals surface area contributed by atoms with Crippen molar-refractivity contribution in [2.24, 2.45) is 5.92 Å². The molecule has 0 rings (SSSR count). The summed E-state index contributed by atoms with van der Waals surface area (Å²) in [4.78, 5) is 21.3. The molecule has 0 amide bonds. The molecule has 78 valence electrons. The van der Waals surface area contributed by atoms with Crippen molar-refractivity contribution < 1.29 is 19.4 Å². The van der Waals surface area contributed by atoms with Crippen LogP contribution in [0.1, 0.15) is 26.2 Å². The number of nitriles is 1. The molecule has 0 aromatic heterocycles. The number of carboxylic acids is 1. The number of aliphatic carboxylic acids is 1. The molecule has 14 heavy (non-hydrogen) atoms. The second kappa shape index (κ2) is 6.89. The van der Waals surface area contributed by atoms with Gasteiger partial charge in [-0.2, -0.15) is 5.26 Å². The average molecular weight is 199 g/mol. The summed E-state index contributed by atoms with van der Waals surface area (Å²) in [5.74, 6) is -1.92. The Morgan fingerprint density at radius 2 is 2.21 bits per heavy atom. The monoisotopic (exact) mass is 199 g/mol. The van der Waals surface area contributed by atoms with Crippen molar-refractivity contribution in [1.82, 2.24) is 0 Å². The van der Waals surface area contributed by atoms with Gasteiger partial charge in [-0.3, -0.25) is 9.59 Å². The van der Waals surface area contributed by atoms with Crippen molar-refractivity contribution in [1.29, 1.82) is 5.26 Å². The summed E-state index contributed by atoms with van der Waals surface area (Å²) in [6, 6.07) is 1.83. The minimum atomic E-state index is -0.921. The number of nitrogens with zero attached hydrogens (tertiary/aromatic N) is 1. The summed E-state index contributed by atoms with van der Waals surface area (Å²) in [7, 11) is 0. The standard InChI is InChI=1S/C9H13NO4/c1-7(9(12)13)3-4-8(11)14-6-2-5-10/h7H,2-4,6H2,1H3,(H,12,13). The van der Waals surface area contributed by atoms with Gasteiger partial charge in [0.2, 0.25) is 0 Å². The number of carboxylic acid groups (broad SMARTS) is 1. The maximum atomic E-state index is 10.9. The third-order valence-corrected chi connectivity index (χ3v) is 1.68. The van der Waals surface area contributed by atoms with Crippen molar-refractivity contribution >= 4 is 11.9 Å². The van der Waals surface area contributed by atoms with Gasteiger partial charge in [-0.05, 0) is 6.42 Å². The van der Waals surface area contributed by atoms with Crippen LogP contribution in [0.3, 0.4) is 0 Å².